The number of rotatable bonds is 5. The summed E-state index contributed by atoms with van der Waals surface area (Å²) in [4.78, 5) is 2.33. The summed E-state index contributed by atoms with van der Waals surface area (Å²) in [5.41, 5.74) is 3.54. The number of benzene rings is 1. The van der Waals surface area contributed by atoms with Crippen LogP contribution >= 0.6 is 0 Å². The summed E-state index contributed by atoms with van der Waals surface area (Å²) < 4.78 is 0. The van der Waals surface area contributed by atoms with Crippen molar-refractivity contribution in [3.63, 3.8) is 0 Å². The van der Waals surface area contributed by atoms with E-state index in [4.69, 9.17) is 0 Å². The van der Waals surface area contributed by atoms with Gasteiger partial charge in [-0.05, 0) is 31.5 Å². The van der Waals surface area contributed by atoms with Crippen LogP contribution in [0, 0.1) is 0 Å². The monoisotopic (exact) mass is 204 g/mol. The minimum Gasteiger partial charge on any atom is -0.388 e. The molecule has 0 saturated carbocycles. The lowest BCUT2D eigenvalue weighted by Gasteiger charge is -2.22. The van der Waals surface area contributed by atoms with Crippen molar-refractivity contribution in [3.05, 3.63) is 30.3 Å². The van der Waals surface area contributed by atoms with Gasteiger partial charge in [-0.2, -0.15) is 0 Å². The van der Waals surface area contributed by atoms with Gasteiger partial charge in [0.05, 0.1) is 0 Å². The fourth-order valence-electron chi connectivity index (χ4n) is 1.72. The fourth-order valence-corrected chi connectivity index (χ4v) is 1.72. The molecule has 1 rings (SSSR count). The lowest BCUT2D eigenvalue weighted by molar-refractivity contribution is 0.866. The molecule has 0 aliphatic heterocycles. The van der Waals surface area contributed by atoms with E-state index in [2.05, 4.69) is 48.8 Å². The number of nitrogens with zero attached hydrogens (tertiary/aromatic N) is 1. The van der Waals surface area contributed by atoms with Crippen molar-refractivity contribution in [3.8, 4) is 0 Å². The number of anilines is 2. The highest BCUT2D eigenvalue weighted by Gasteiger charge is 2.04. The van der Waals surface area contributed by atoms with E-state index in [0.717, 1.165) is 24.3 Å². The summed E-state index contributed by atoms with van der Waals surface area (Å²) in [5, 5.41) is 3.19. The molecule has 0 aromatic heterocycles. The van der Waals surface area contributed by atoms with Crippen LogP contribution in [0.1, 0.15) is 19.4 Å². The van der Waals surface area contributed by atoms with Crippen LogP contribution in [0.4, 0.5) is 11.4 Å². The standard InChI is InChI=1S/C13H20N2/c1-5-11-8-9-12(10-13(11)14-4)15(6-2)7-3/h5,8-10,14H,1,6-7H2,2-4H3. The lowest BCUT2D eigenvalue weighted by Crippen LogP contribution is -2.21. The number of hydrogen-bond acceptors (Lipinski definition) is 2. The van der Waals surface area contributed by atoms with Gasteiger partial charge in [-0.25, -0.2) is 0 Å². The van der Waals surface area contributed by atoms with Crippen molar-refractivity contribution in [2.45, 2.75) is 13.8 Å². The highest BCUT2D eigenvalue weighted by Crippen LogP contribution is 2.24. The second kappa shape index (κ2) is 5.44. The van der Waals surface area contributed by atoms with Crippen LogP contribution in [0.2, 0.25) is 0 Å². The summed E-state index contributed by atoms with van der Waals surface area (Å²) in [7, 11) is 1.94. The van der Waals surface area contributed by atoms with Crippen molar-refractivity contribution in [2.24, 2.45) is 0 Å². The molecule has 0 bridgehead atoms. The summed E-state index contributed by atoms with van der Waals surface area (Å²) in [6.45, 7) is 10.2. The van der Waals surface area contributed by atoms with E-state index in [1.165, 1.54) is 5.69 Å². The fraction of sp³-hybridized carbons (Fsp3) is 0.385. The highest BCUT2D eigenvalue weighted by molar-refractivity contribution is 5.70. The van der Waals surface area contributed by atoms with Gasteiger partial charge in [0.15, 0.2) is 0 Å². The highest BCUT2D eigenvalue weighted by atomic mass is 15.1. The Morgan fingerprint density at radius 2 is 2.00 bits per heavy atom. The molecule has 15 heavy (non-hydrogen) atoms. The van der Waals surface area contributed by atoms with Gasteiger partial charge < -0.3 is 10.2 Å². The molecule has 0 fully saturated rings. The molecule has 82 valence electrons. The quantitative estimate of drug-likeness (QED) is 0.792. The Hall–Kier alpha value is -1.44. The van der Waals surface area contributed by atoms with Crippen molar-refractivity contribution >= 4 is 17.5 Å². The molecule has 0 amide bonds. The molecule has 2 nitrogen and oxygen atoms in total. The van der Waals surface area contributed by atoms with Crippen molar-refractivity contribution < 1.29 is 0 Å². The molecule has 0 aliphatic rings. The predicted molar refractivity (Wildman–Crippen MR) is 69.6 cm³/mol. The predicted octanol–water partition coefficient (Wildman–Crippen LogP) is 3.22. The third-order valence-electron chi connectivity index (χ3n) is 2.65. The zero-order valence-electron chi connectivity index (χ0n) is 9.88. The largest absolute Gasteiger partial charge is 0.388 e. The Labute approximate surface area is 92.6 Å². The molecule has 1 aromatic rings. The molecule has 0 aliphatic carbocycles. The summed E-state index contributed by atoms with van der Waals surface area (Å²) >= 11 is 0. The molecular weight excluding hydrogens is 184 g/mol. The van der Waals surface area contributed by atoms with Crippen LogP contribution in [0.15, 0.2) is 24.8 Å². The van der Waals surface area contributed by atoms with E-state index in [1.807, 2.05) is 13.1 Å². The van der Waals surface area contributed by atoms with Gasteiger partial charge in [-0.15, -0.1) is 0 Å². The first-order valence-electron chi connectivity index (χ1n) is 5.46. The minimum atomic E-state index is 1.03. The molecule has 0 atom stereocenters. The van der Waals surface area contributed by atoms with E-state index in [0.29, 0.717) is 0 Å². The van der Waals surface area contributed by atoms with Crippen LogP contribution in [0.25, 0.3) is 6.08 Å². The smallest absolute Gasteiger partial charge is 0.0431 e. The SMILES string of the molecule is C=Cc1ccc(N(CC)CC)cc1NC. The minimum absolute atomic E-state index is 1.03. The van der Waals surface area contributed by atoms with Crippen molar-refractivity contribution in [1.29, 1.82) is 0 Å². The summed E-state index contributed by atoms with van der Waals surface area (Å²) in [5.74, 6) is 0. The van der Waals surface area contributed by atoms with Crippen LogP contribution in [-0.2, 0) is 0 Å². The average molecular weight is 204 g/mol. The molecular formula is C13H20N2. The maximum absolute atomic E-state index is 3.80. The van der Waals surface area contributed by atoms with Gasteiger partial charge >= 0.3 is 0 Å². The first kappa shape index (κ1) is 11.6. The van der Waals surface area contributed by atoms with Crippen molar-refractivity contribution in [2.75, 3.05) is 30.4 Å². The zero-order chi connectivity index (χ0) is 11.3. The van der Waals surface area contributed by atoms with E-state index in [-0.39, 0.29) is 0 Å². The Balaban J connectivity index is 3.06. The van der Waals surface area contributed by atoms with Gasteiger partial charge in [0, 0.05) is 31.5 Å². The molecule has 0 heterocycles. The van der Waals surface area contributed by atoms with Crippen LogP contribution in [0.3, 0.4) is 0 Å². The zero-order valence-corrected chi connectivity index (χ0v) is 9.88. The molecule has 2 heteroatoms. The van der Waals surface area contributed by atoms with Gasteiger partial charge in [-0.1, -0.05) is 18.7 Å². The second-order valence-corrected chi connectivity index (χ2v) is 3.40. The number of nitrogens with one attached hydrogen (secondary N) is 1. The Bertz CT molecular complexity index is 327. The Morgan fingerprint density at radius 3 is 2.47 bits per heavy atom. The molecule has 0 radical (unpaired) electrons. The average Bonchev–Trinajstić information content (AvgIpc) is 2.30. The first-order chi connectivity index (χ1) is 7.26. The maximum Gasteiger partial charge on any atom is 0.0431 e. The molecule has 0 unspecified atom stereocenters. The third-order valence-corrected chi connectivity index (χ3v) is 2.65. The van der Waals surface area contributed by atoms with E-state index in [1.54, 1.807) is 0 Å². The van der Waals surface area contributed by atoms with Crippen LogP contribution in [0.5, 0.6) is 0 Å². The van der Waals surface area contributed by atoms with Crippen molar-refractivity contribution in [1.82, 2.24) is 0 Å². The molecule has 0 saturated heterocycles. The topological polar surface area (TPSA) is 15.3 Å². The second-order valence-electron chi connectivity index (χ2n) is 3.40. The van der Waals surface area contributed by atoms with Crippen LogP contribution in [-0.4, -0.2) is 20.1 Å². The molecule has 1 aromatic carbocycles. The summed E-state index contributed by atoms with van der Waals surface area (Å²) in [6, 6.07) is 6.42. The van der Waals surface area contributed by atoms with E-state index < -0.39 is 0 Å². The lowest BCUT2D eigenvalue weighted by atomic mass is 10.1. The maximum atomic E-state index is 3.80. The summed E-state index contributed by atoms with van der Waals surface area (Å²) in [6.07, 6.45) is 1.87. The van der Waals surface area contributed by atoms with Gasteiger partial charge in [-0.3, -0.25) is 0 Å². The molecule has 0 spiro atoms. The van der Waals surface area contributed by atoms with Gasteiger partial charge in [0.1, 0.15) is 0 Å². The van der Waals surface area contributed by atoms with Gasteiger partial charge in [0.25, 0.3) is 0 Å². The first-order valence-corrected chi connectivity index (χ1v) is 5.46. The van der Waals surface area contributed by atoms with Crippen LogP contribution < -0.4 is 10.2 Å². The Kier molecular flexibility index (Phi) is 4.22. The van der Waals surface area contributed by atoms with Gasteiger partial charge in [0.2, 0.25) is 0 Å². The normalized spacial score (nSPS) is 9.80. The van der Waals surface area contributed by atoms with E-state index in [9.17, 15) is 0 Å². The number of hydrogen-bond donors (Lipinski definition) is 1. The molecule has 1 N–H and O–H groups in total. The third kappa shape index (κ3) is 2.52. The Morgan fingerprint density at radius 1 is 1.33 bits per heavy atom. The van der Waals surface area contributed by atoms with E-state index >= 15 is 0 Å².